The minimum atomic E-state index is -2.00. The van der Waals surface area contributed by atoms with E-state index < -0.39 is 224 Å². The topological polar surface area (TPSA) is 611 Å². The first kappa shape index (κ1) is 81.5. The summed E-state index contributed by atoms with van der Waals surface area (Å²) in [5, 5.41) is 59.4. The fourth-order valence-electron chi connectivity index (χ4n) is 9.93. The second-order valence-electron chi connectivity index (χ2n) is 22.8. The molecule has 2 fully saturated rings. The molecule has 2 aliphatic rings. The number of carbonyl (C=O) groups is 16. The Morgan fingerprint density at radius 1 is 0.511 bits per heavy atom. The second kappa shape index (κ2) is 41.9. The molecule has 0 aromatic rings. The monoisotopic (exact) mass is 1370 g/mol. The number of carboxylic acid groups (broad SMARTS) is 4. The van der Waals surface area contributed by atoms with Gasteiger partial charge < -0.3 is 107 Å². The van der Waals surface area contributed by atoms with E-state index in [1.54, 1.807) is 13.8 Å². The number of carbonyl (C=O) groups excluding carboxylic acids is 12. The van der Waals surface area contributed by atoms with Crippen LogP contribution in [0.2, 0.25) is 0 Å². The highest BCUT2D eigenvalue weighted by Crippen LogP contribution is 2.21. The molecule has 0 bridgehead atoms. The zero-order chi connectivity index (χ0) is 70.9. The van der Waals surface area contributed by atoms with Crippen molar-refractivity contribution in [2.75, 3.05) is 44.2 Å². The third-order valence-corrected chi connectivity index (χ3v) is 15.6. The summed E-state index contributed by atoms with van der Waals surface area (Å²) < 4.78 is 0. The summed E-state index contributed by atoms with van der Waals surface area (Å²) in [6.45, 7) is 2.95. The van der Waals surface area contributed by atoms with Crippen LogP contribution in [0.15, 0.2) is 4.99 Å². The number of primary amides is 1. The summed E-state index contributed by atoms with van der Waals surface area (Å²) >= 11 is 7.94. The van der Waals surface area contributed by atoms with Gasteiger partial charge >= 0.3 is 23.9 Å². The van der Waals surface area contributed by atoms with E-state index in [4.69, 9.17) is 28.7 Å². The molecule has 0 saturated carbocycles. The number of thiol groups is 2. The predicted octanol–water partition coefficient (Wildman–Crippen LogP) is -7.07. The van der Waals surface area contributed by atoms with Crippen molar-refractivity contribution in [3.63, 3.8) is 0 Å². The van der Waals surface area contributed by atoms with Crippen molar-refractivity contribution in [2.45, 2.75) is 189 Å². The zero-order valence-electron chi connectivity index (χ0n) is 52.3. The Bertz CT molecular complexity index is 2740. The molecule has 23 N–H and O–H groups in total. The Morgan fingerprint density at radius 2 is 0.915 bits per heavy atom. The maximum absolute atomic E-state index is 14.4. The standard InChI is InChI=1S/C55H91N17O20S2/c1-27(2)22-34(49(86)65-32(13-16-42(77)78)48(85)70-36(26-94)54(91)92)68-47(84)31(12-15-41(75)76)66-50(87)35(23-39(58)73)69-45(82)30(9-5-19-61-55(59)60)64-44(81)29(8-3-4-18-56)63-46(83)33(14-17-43(79)80)67-52(89)38-11-6-20-71(38)40(74)24-62-51(88)37-10-7-21-72(37)53(90)28(57)25-93/h27-38,93-94H,3-26,56-57H2,1-2H3,(H2,58,73)(H,62,88)(H,63,83)(H,64,81)(H,65,86)(H,66,87)(H,67,89)(H,68,84)(H,69,82)(H,70,85)(H,75,76)(H,77,78)(H,79,80)(H,91,92)(H4,59,60,61)/t28-,29-,30-,31-,32-,33-,34-,35-,36-,37-,38-/m1/s1. The molecule has 2 heterocycles. The highest BCUT2D eigenvalue weighted by Gasteiger charge is 2.41. The number of nitrogens with two attached hydrogens (primary N) is 5. The number of carboxylic acids is 4. The van der Waals surface area contributed by atoms with Crippen molar-refractivity contribution in [3.8, 4) is 0 Å². The molecule has 0 aliphatic carbocycles. The highest BCUT2D eigenvalue weighted by atomic mass is 32.1. The normalized spacial score (nSPS) is 17.1. The van der Waals surface area contributed by atoms with Gasteiger partial charge in [-0.05, 0) is 95.9 Å². The van der Waals surface area contributed by atoms with Gasteiger partial charge in [-0.2, -0.15) is 25.3 Å². The molecule has 12 amide bonds. The van der Waals surface area contributed by atoms with E-state index in [-0.39, 0.29) is 82.8 Å². The van der Waals surface area contributed by atoms with E-state index in [0.29, 0.717) is 19.3 Å². The lowest BCUT2D eigenvalue weighted by atomic mass is 10.0. The van der Waals surface area contributed by atoms with Crippen LogP contribution >= 0.6 is 25.3 Å². The average Bonchev–Trinajstić information content (AvgIpc) is 1.61. The van der Waals surface area contributed by atoms with Crippen LogP contribution in [-0.2, 0) is 76.7 Å². The minimum absolute atomic E-state index is 0.0338. The number of likely N-dealkylation sites (tertiary alicyclic amines) is 2. The number of guanidine groups is 1. The predicted molar refractivity (Wildman–Crippen MR) is 338 cm³/mol. The van der Waals surface area contributed by atoms with Crippen LogP contribution in [0, 0.1) is 5.92 Å². The lowest BCUT2D eigenvalue weighted by Crippen LogP contribution is -2.61. The van der Waals surface area contributed by atoms with Gasteiger partial charge in [0.2, 0.25) is 70.9 Å². The van der Waals surface area contributed by atoms with Gasteiger partial charge in [0.05, 0.1) is 19.0 Å². The molecular formula is C55H91N17O20S2. The zero-order valence-corrected chi connectivity index (χ0v) is 54.1. The van der Waals surface area contributed by atoms with Gasteiger partial charge in [0.15, 0.2) is 5.96 Å². The average molecular weight is 1370 g/mol. The molecule has 0 radical (unpaired) electrons. The van der Waals surface area contributed by atoms with Crippen LogP contribution in [0.3, 0.4) is 0 Å². The lowest BCUT2D eigenvalue weighted by Gasteiger charge is -2.29. The van der Waals surface area contributed by atoms with Crippen LogP contribution < -0.4 is 76.5 Å². The number of aliphatic imine (C=N–C) groups is 1. The van der Waals surface area contributed by atoms with Crippen molar-refractivity contribution in [1.29, 1.82) is 0 Å². The van der Waals surface area contributed by atoms with E-state index in [1.165, 1.54) is 9.80 Å². The van der Waals surface area contributed by atoms with Crippen molar-refractivity contribution >= 4 is 126 Å². The molecule has 2 saturated heterocycles. The summed E-state index contributed by atoms with van der Waals surface area (Å²) in [5.74, 6) is -18.8. The SMILES string of the molecule is CC(C)C[C@@H](NC(=O)[C@@H](CCC(=O)O)NC(=O)[C@@H](CC(N)=O)NC(=O)[C@@H](CCCN=C(N)N)NC(=O)[C@@H](CCCCN)NC(=O)[C@@H](CCC(=O)O)NC(=O)[C@H]1CCCN1C(=O)CNC(=O)[C@H]1CCCN1C(=O)[C@H](N)CS)C(=O)N[C@H](CCC(=O)O)C(=O)N[C@H](CS)C(=O)O. The number of nitrogens with one attached hydrogen (secondary N) is 9. The third-order valence-electron chi connectivity index (χ3n) is 14.8. The van der Waals surface area contributed by atoms with Crippen LogP contribution in [0.1, 0.15) is 123 Å². The first-order valence-corrected chi connectivity index (χ1v) is 31.7. The quantitative estimate of drug-likeness (QED) is 0.0117. The van der Waals surface area contributed by atoms with E-state index in [1.807, 2.05) is 0 Å². The van der Waals surface area contributed by atoms with Gasteiger partial charge in [0.25, 0.3) is 0 Å². The number of unbranched alkanes of at least 4 members (excludes halogenated alkanes) is 1. The molecule has 0 unspecified atom stereocenters. The van der Waals surface area contributed by atoms with Gasteiger partial charge in [0.1, 0.15) is 60.4 Å². The highest BCUT2D eigenvalue weighted by molar-refractivity contribution is 7.80. The molecule has 2 rings (SSSR count). The first-order valence-electron chi connectivity index (χ1n) is 30.4. The smallest absolute Gasteiger partial charge is 0.327 e. The molecule has 37 nitrogen and oxygen atoms in total. The van der Waals surface area contributed by atoms with Crippen LogP contribution in [-0.4, -0.2) is 242 Å². The number of hydrogen-bond acceptors (Lipinski definition) is 21. The molecule has 94 heavy (non-hydrogen) atoms. The Labute approximate surface area is 552 Å². The van der Waals surface area contributed by atoms with Gasteiger partial charge in [-0.15, -0.1) is 0 Å². The Hall–Kier alpha value is -8.59. The number of nitrogens with zero attached hydrogens (tertiary/aromatic N) is 3. The summed E-state index contributed by atoms with van der Waals surface area (Å²) in [7, 11) is 0. The molecule has 0 aromatic heterocycles. The van der Waals surface area contributed by atoms with E-state index >= 15 is 0 Å². The van der Waals surface area contributed by atoms with Crippen molar-refractivity contribution in [3.05, 3.63) is 0 Å². The maximum Gasteiger partial charge on any atom is 0.327 e. The summed E-state index contributed by atoms with van der Waals surface area (Å²) in [6.07, 6.45) is -4.06. The number of rotatable bonds is 44. The van der Waals surface area contributed by atoms with Crippen LogP contribution in [0.5, 0.6) is 0 Å². The van der Waals surface area contributed by atoms with Gasteiger partial charge in [-0.25, -0.2) is 4.79 Å². The van der Waals surface area contributed by atoms with Gasteiger partial charge in [-0.3, -0.25) is 76.9 Å². The molecule has 0 aromatic carbocycles. The number of aliphatic carboxylic acids is 4. The van der Waals surface area contributed by atoms with Crippen LogP contribution in [0.4, 0.5) is 0 Å². The lowest BCUT2D eigenvalue weighted by molar-refractivity contribution is -0.142. The van der Waals surface area contributed by atoms with Crippen molar-refractivity contribution < 1.29 is 97.1 Å². The number of hydrogen-bond donors (Lipinski definition) is 20. The van der Waals surface area contributed by atoms with Crippen molar-refractivity contribution in [2.24, 2.45) is 39.6 Å². The second-order valence-corrected chi connectivity index (χ2v) is 23.5. The molecule has 11 atom stereocenters. The van der Waals surface area contributed by atoms with E-state index in [0.717, 1.165) is 0 Å². The molecule has 2 aliphatic heterocycles. The van der Waals surface area contributed by atoms with Gasteiger partial charge in [0, 0.05) is 50.4 Å². The fraction of sp³-hybridized carbons (Fsp3) is 0.691. The summed E-state index contributed by atoms with van der Waals surface area (Å²) in [4.78, 5) is 217. The Morgan fingerprint density at radius 3 is 1.34 bits per heavy atom. The van der Waals surface area contributed by atoms with E-state index in [9.17, 15) is 97.1 Å². The van der Waals surface area contributed by atoms with Crippen LogP contribution in [0.25, 0.3) is 0 Å². The maximum atomic E-state index is 14.4. The summed E-state index contributed by atoms with van der Waals surface area (Å²) in [6, 6.07) is -16.7. The third kappa shape index (κ3) is 29.1. The molecule has 39 heteroatoms. The number of amides is 12. The Kier molecular flexibility index (Phi) is 36.3. The summed E-state index contributed by atoms with van der Waals surface area (Å²) in [5.41, 5.74) is 28.1. The molecule has 528 valence electrons. The fourth-order valence-corrected chi connectivity index (χ4v) is 10.3. The molecule has 0 spiro atoms. The van der Waals surface area contributed by atoms with Crippen molar-refractivity contribution in [1.82, 2.24) is 57.7 Å². The van der Waals surface area contributed by atoms with Gasteiger partial charge in [-0.1, -0.05) is 13.8 Å². The minimum Gasteiger partial charge on any atom is -0.481 e. The Balaban J connectivity index is 2.48. The largest absolute Gasteiger partial charge is 0.481 e. The first-order chi connectivity index (χ1) is 44.2. The molecular weight excluding hydrogens is 1280 g/mol. The van der Waals surface area contributed by atoms with E-state index in [2.05, 4.69) is 78.1 Å².